The fourth-order valence-electron chi connectivity index (χ4n) is 1.63. The van der Waals surface area contributed by atoms with Crippen molar-refractivity contribution >= 4 is 11.9 Å². The smallest absolute Gasteiger partial charge is 0.306 e. The molecule has 0 rings (SSSR count). The van der Waals surface area contributed by atoms with Gasteiger partial charge in [-0.05, 0) is 12.8 Å². The van der Waals surface area contributed by atoms with Crippen molar-refractivity contribution in [3.8, 4) is 0 Å². The average Bonchev–Trinajstić information content (AvgIpc) is 2.41. The molecule has 112 valence electrons. The molecule has 0 aliphatic heterocycles. The minimum atomic E-state index is -1.48. The molecule has 0 saturated heterocycles. The first-order valence-electron chi connectivity index (χ1n) is 6.23. The van der Waals surface area contributed by atoms with Crippen molar-refractivity contribution in [1.29, 1.82) is 0 Å². The fourth-order valence-corrected chi connectivity index (χ4v) is 1.63. The van der Waals surface area contributed by atoms with E-state index in [0.717, 1.165) is 0 Å². The van der Waals surface area contributed by atoms with Crippen molar-refractivity contribution in [3.05, 3.63) is 0 Å². The third-order valence-corrected chi connectivity index (χ3v) is 3.22. The van der Waals surface area contributed by atoms with Gasteiger partial charge in [-0.2, -0.15) is 0 Å². The molecule has 7 nitrogen and oxygen atoms in total. The highest BCUT2D eigenvalue weighted by Crippen LogP contribution is 2.17. The van der Waals surface area contributed by atoms with Crippen LogP contribution in [0.15, 0.2) is 0 Å². The molecule has 0 saturated carbocycles. The van der Waals surface area contributed by atoms with Crippen LogP contribution in [0.3, 0.4) is 0 Å². The van der Waals surface area contributed by atoms with E-state index in [0.29, 0.717) is 6.42 Å². The summed E-state index contributed by atoms with van der Waals surface area (Å²) < 4.78 is 0. The van der Waals surface area contributed by atoms with Crippen molar-refractivity contribution in [1.82, 2.24) is 5.32 Å². The van der Waals surface area contributed by atoms with Gasteiger partial charge >= 0.3 is 5.97 Å². The van der Waals surface area contributed by atoms with Gasteiger partial charge in [0.2, 0.25) is 5.91 Å². The lowest BCUT2D eigenvalue weighted by Crippen LogP contribution is -2.58. The maximum Gasteiger partial charge on any atom is 0.306 e. The van der Waals surface area contributed by atoms with Gasteiger partial charge in [-0.1, -0.05) is 13.8 Å². The van der Waals surface area contributed by atoms with Crippen LogP contribution in [-0.2, 0) is 9.59 Å². The Morgan fingerprint density at radius 3 is 1.95 bits per heavy atom. The summed E-state index contributed by atoms with van der Waals surface area (Å²) in [6.07, 6.45) is 0.578. The minimum absolute atomic E-state index is 0.163. The van der Waals surface area contributed by atoms with Crippen molar-refractivity contribution in [2.75, 3.05) is 19.8 Å². The molecule has 0 aromatic rings. The van der Waals surface area contributed by atoms with Crippen molar-refractivity contribution in [2.45, 2.75) is 32.2 Å². The normalized spacial score (nSPS) is 14.8. The molecule has 1 amide bonds. The molecule has 0 spiro atoms. The highest BCUT2D eigenvalue weighted by molar-refractivity contribution is 5.80. The van der Waals surface area contributed by atoms with Crippen LogP contribution in [0.2, 0.25) is 0 Å². The predicted molar refractivity (Wildman–Crippen MR) is 67.3 cm³/mol. The first-order valence-corrected chi connectivity index (χ1v) is 6.23. The van der Waals surface area contributed by atoms with E-state index in [1.54, 1.807) is 13.8 Å². The van der Waals surface area contributed by atoms with Gasteiger partial charge in [0, 0.05) is 5.92 Å². The predicted octanol–water partition coefficient (Wildman–Crippen LogP) is -1.04. The lowest BCUT2D eigenvalue weighted by molar-refractivity contribution is -0.143. The van der Waals surface area contributed by atoms with E-state index >= 15 is 0 Å². The summed E-state index contributed by atoms with van der Waals surface area (Å²) in [6, 6.07) is 0. The molecule has 0 aromatic carbocycles. The maximum atomic E-state index is 11.9. The summed E-state index contributed by atoms with van der Waals surface area (Å²) in [4.78, 5) is 22.8. The molecule has 0 heterocycles. The Morgan fingerprint density at radius 2 is 1.63 bits per heavy atom. The average molecular weight is 277 g/mol. The largest absolute Gasteiger partial charge is 0.481 e. The Bertz CT molecular complexity index is 294. The lowest BCUT2D eigenvalue weighted by Gasteiger charge is -2.30. The van der Waals surface area contributed by atoms with Crippen LogP contribution >= 0.6 is 0 Å². The molecule has 0 aliphatic carbocycles. The van der Waals surface area contributed by atoms with E-state index in [1.807, 2.05) is 0 Å². The molecular formula is C12H23NO6. The number of nitrogens with one attached hydrogen (secondary N) is 1. The number of hydrogen-bond acceptors (Lipinski definition) is 5. The second kappa shape index (κ2) is 8.08. The number of carbonyl (C=O) groups is 2. The topological polar surface area (TPSA) is 127 Å². The van der Waals surface area contributed by atoms with Gasteiger partial charge in [-0.15, -0.1) is 0 Å². The SMILES string of the molecule is CCC(CC(C)C(=O)NC(CO)(CO)CO)C(=O)O. The lowest BCUT2D eigenvalue weighted by atomic mass is 9.92. The van der Waals surface area contributed by atoms with Crippen LogP contribution in [0.25, 0.3) is 0 Å². The number of amides is 1. The van der Waals surface area contributed by atoms with E-state index in [2.05, 4.69) is 5.32 Å². The second-order valence-electron chi connectivity index (χ2n) is 4.82. The summed E-state index contributed by atoms with van der Waals surface area (Å²) in [7, 11) is 0. The third kappa shape index (κ3) is 5.14. The van der Waals surface area contributed by atoms with E-state index in [-0.39, 0.29) is 6.42 Å². The molecule has 7 heteroatoms. The van der Waals surface area contributed by atoms with Crippen LogP contribution < -0.4 is 5.32 Å². The number of aliphatic hydroxyl groups excluding tert-OH is 3. The quantitative estimate of drug-likeness (QED) is 0.366. The molecule has 0 aromatic heterocycles. The Kier molecular flexibility index (Phi) is 7.58. The number of carbonyl (C=O) groups excluding carboxylic acids is 1. The molecule has 5 N–H and O–H groups in total. The van der Waals surface area contributed by atoms with Gasteiger partial charge in [0.05, 0.1) is 25.7 Å². The number of rotatable bonds is 9. The summed E-state index contributed by atoms with van der Waals surface area (Å²) in [5.41, 5.74) is -1.48. The monoisotopic (exact) mass is 277 g/mol. The minimum Gasteiger partial charge on any atom is -0.481 e. The highest BCUT2D eigenvalue weighted by Gasteiger charge is 2.32. The first-order chi connectivity index (χ1) is 8.85. The fraction of sp³-hybridized carbons (Fsp3) is 0.833. The number of carboxylic acid groups (broad SMARTS) is 1. The van der Waals surface area contributed by atoms with Crippen molar-refractivity contribution in [2.24, 2.45) is 11.8 Å². The Morgan fingerprint density at radius 1 is 1.16 bits per heavy atom. The van der Waals surface area contributed by atoms with Crippen molar-refractivity contribution in [3.63, 3.8) is 0 Å². The number of aliphatic carboxylic acids is 1. The molecule has 0 radical (unpaired) electrons. The number of aliphatic hydroxyl groups is 3. The summed E-state index contributed by atoms with van der Waals surface area (Å²) in [5.74, 6) is -2.67. The van der Waals surface area contributed by atoms with Crippen molar-refractivity contribution < 1.29 is 30.0 Å². The molecule has 19 heavy (non-hydrogen) atoms. The Labute approximate surface area is 112 Å². The number of hydrogen-bond donors (Lipinski definition) is 5. The zero-order chi connectivity index (χ0) is 15.1. The maximum absolute atomic E-state index is 11.9. The molecule has 2 atom stereocenters. The molecular weight excluding hydrogens is 254 g/mol. The van der Waals surface area contributed by atoms with Crippen LogP contribution in [0.1, 0.15) is 26.7 Å². The zero-order valence-electron chi connectivity index (χ0n) is 11.3. The van der Waals surface area contributed by atoms with Crippen LogP contribution in [0.4, 0.5) is 0 Å². The van der Waals surface area contributed by atoms with Crippen LogP contribution in [-0.4, -0.2) is 57.7 Å². The van der Waals surface area contributed by atoms with Gasteiger partial charge in [0.15, 0.2) is 0 Å². The van der Waals surface area contributed by atoms with E-state index in [1.165, 1.54) is 0 Å². The van der Waals surface area contributed by atoms with Gasteiger partial charge < -0.3 is 25.7 Å². The van der Waals surface area contributed by atoms with E-state index < -0.39 is 49.1 Å². The molecule has 0 fully saturated rings. The zero-order valence-corrected chi connectivity index (χ0v) is 11.3. The van der Waals surface area contributed by atoms with Gasteiger partial charge in [-0.25, -0.2) is 0 Å². The summed E-state index contributed by atoms with van der Waals surface area (Å²) >= 11 is 0. The Balaban J connectivity index is 4.61. The Hall–Kier alpha value is -1.18. The third-order valence-electron chi connectivity index (χ3n) is 3.22. The van der Waals surface area contributed by atoms with Gasteiger partial charge in [-0.3, -0.25) is 9.59 Å². The van der Waals surface area contributed by atoms with E-state index in [4.69, 9.17) is 20.4 Å². The number of carboxylic acids is 1. The second-order valence-corrected chi connectivity index (χ2v) is 4.82. The highest BCUT2D eigenvalue weighted by atomic mass is 16.4. The molecule has 0 bridgehead atoms. The van der Waals surface area contributed by atoms with Crippen LogP contribution in [0, 0.1) is 11.8 Å². The van der Waals surface area contributed by atoms with Gasteiger partial charge in [0.1, 0.15) is 5.54 Å². The van der Waals surface area contributed by atoms with E-state index in [9.17, 15) is 9.59 Å². The standard InChI is InChI=1S/C12H23NO6/c1-3-9(11(18)19)4-8(2)10(17)13-12(5-14,6-15)7-16/h8-9,14-16H,3-7H2,1-2H3,(H,13,17)(H,18,19). The summed E-state index contributed by atoms with van der Waals surface area (Å²) in [6.45, 7) is 1.48. The molecule has 2 unspecified atom stereocenters. The van der Waals surface area contributed by atoms with Crippen LogP contribution in [0.5, 0.6) is 0 Å². The molecule has 0 aliphatic rings. The first kappa shape index (κ1) is 17.8. The summed E-state index contributed by atoms with van der Waals surface area (Å²) in [5, 5.41) is 38.6. The van der Waals surface area contributed by atoms with Gasteiger partial charge in [0.25, 0.3) is 0 Å².